The molecule has 8 heteroatoms. The highest BCUT2D eigenvalue weighted by Crippen LogP contribution is 2.32. The van der Waals surface area contributed by atoms with E-state index in [-0.39, 0.29) is 21.8 Å². The lowest BCUT2D eigenvalue weighted by molar-refractivity contribution is -0.137. The van der Waals surface area contributed by atoms with Gasteiger partial charge in [-0.2, -0.15) is 13.2 Å². The van der Waals surface area contributed by atoms with Crippen LogP contribution < -0.4 is 5.32 Å². The smallest absolute Gasteiger partial charge is 0.416 e. The molecule has 0 aliphatic rings. The summed E-state index contributed by atoms with van der Waals surface area (Å²) in [7, 11) is 1.19. The Morgan fingerprint density at radius 2 is 1.63 bits per heavy atom. The molecule has 3 aromatic rings. The minimum Gasteiger partial charge on any atom is -0.465 e. The van der Waals surface area contributed by atoms with E-state index in [4.69, 9.17) is 16.3 Å². The lowest BCUT2D eigenvalue weighted by atomic mass is 10.0. The molecule has 0 atom stereocenters. The molecule has 0 aliphatic heterocycles. The highest BCUT2D eigenvalue weighted by atomic mass is 35.5. The van der Waals surface area contributed by atoms with Crippen molar-refractivity contribution in [3.05, 3.63) is 88.4 Å². The van der Waals surface area contributed by atoms with Crippen molar-refractivity contribution in [2.75, 3.05) is 12.4 Å². The normalized spacial score (nSPS) is 11.1. The first-order chi connectivity index (χ1) is 14.2. The van der Waals surface area contributed by atoms with Crippen molar-refractivity contribution in [2.24, 2.45) is 0 Å². The third kappa shape index (κ3) is 4.80. The molecule has 0 aliphatic carbocycles. The van der Waals surface area contributed by atoms with E-state index in [0.717, 1.165) is 17.7 Å². The molecule has 0 saturated heterocycles. The van der Waals surface area contributed by atoms with E-state index in [2.05, 4.69) is 5.32 Å². The number of benzene rings is 3. The summed E-state index contributed by atoms with van der Waals surface area (Å²) in [5.74, 6) is -1.55. The molecule has 1 N–H and O–H groups in total. The van der Waals surface area contributed by atoms with Crippen LogP contribution in [0.1, 0.15) is 26.3 Å². The second-order valence-electron chi connectivity index (χ2n) is 6.30. The van der Waals surface area contributed by atoms with Crippen molar-refractivity contribution >= 4 is 29.2 Å². The predicted molar refractivity (Wildman–Crippen MR) is 108 cm³/mol. The van der Waals surface area contributed by atoms with Gasteiger partial charge in [-0.05, 0) is 41.5 Å². The molecule has 30 heavy (non-hydrogen) atoms. The largest absolute Gasteiger partial charge is 0.465 e. The van der Waals surface area contributed by atoms with Crippen molar-refractivity contribution < 1.29 is 27.5 Å². The molecule has 0 unspecified atom stereocenters. The van der Waals surface area contributed by atoms with Crippen LogP contribution in [0.25, 0.3) is 11.1 Å². The SMILES string of the molecule is COC(=O)c1ccc(-c2ccccc2)cc1NC(=O)c1cc(Cl)cc(C(F)(F)F)c1. The molecule has 0 aromatic heterocycles. The van der Waals surface area contributed by atoms with Gasteiger partial charge in [0.1, 0.15) is 0 Å². The minimum absolute atomic E-state index is 0.0589. The number of alkyl halides is 3. The van der Waals surface area contributed by atoms with E-state index in [1.807, 2.05) is 30.3 Å². The Hall–Kier alpha value is -3.32. The average Bonchev–Trinajstić information content (AvgIpc) is 2.72. The maximum Gasteiger partial charge on any atom is 0.416 e. The lowest BCUT2D eigenvalue weighted by Crippen LogP contribution is -2.17. The quantitative estimate of drug-likeness (QED) is 0.508. The number of hydrogen-bond acceptors (Lipinski definition) is 3. The van der Waals surface area contributed by atoms with Crippen molar-refractivity contribution in [3.63, 3.8) is 0 Å². The van der Waals surface area contributed by atoms with Gasteiger partial charge in [-0.25, -0.2) is 4.79 Å². The second-order valence-corrected chi connectivity index (χ2v) is 6.73. The zero-order chi connectivity index (χ0) is 21.9. The number of rotatable bonds is 4. The fourth-order valence-electron chi connectivity index (χ4n) is 2.82. The number of anilines is 1. The van der Waals surface area contributed by atoms with Crippen LogP contribution in [0.3, 0.4) is 0 Å². The Morgan fingerprint density at radius 1 is 0.933 bits per heavy atom. The van der Waals surface area contributed by atoms with Crippen molar-refractivity contribution in [3.8, 4) is 11.1 Å². The minimum atomic E-state index is -4.66. The van der Waals surface area contributed by atoms with E-state index in [1.165, 1.54) is 13.2 Å². The summed E-state index contributed by atoms with van der Waals surface area (Å²) >= 11 is 5.76. The Balaban J connectivity index is 2.01. The highest BCUT2D eigenvalue weighted by molar-refractivity contribution is 6.31. The summed E-state index contributed by atoms with van der Waals surface area (Å²) in [6.45, 7) is 0. The molecule has 0 spiro atoms. The van der Waals surface area contributed by atoms with Gasteiger partial charge in [-0.15, -0.1) is 0 Å². The van der Waals surface area contributed by atoms with Gasteiger partial charge < -0.3 is 10.1 Å². The van der Waals surface area contributed by atoms with Crippen molar-refractivity contribution in [1.82, 2.24) is 0 Å². The van der Waals surface area contributed by atoms with Crippen LogP contribution in [-0.4, -0.2) is 19.0 Å². The van der Waals surface area contributed by atoms with Crippen LogP contribution in [0.15, 0.2) is 66.7 Å². The Labute approximate surface area is 175 Å². The van der Waals surface area contributed by atoms with E-state index in [9.17, 15) is 22.8 Å². The predicted octanol–water partition coefficient (Wildman–Crippen LogP) is 6.06. The standard InChI is InChI=1S/C22H15ClF3NO3/c1-30-21(29)18-8-7-14(13-5-3-2-4-6-13)11-19(18)27-20(28)15-9-16(22(24,25)26)12-17(23)10-15/h2-12H,1H3,(H,27,28). The van der Waals surface area contributed by atoms with E-state index < -0.39 is 23.6 Å². The molecule has 3 aromatic carbocycles. The zero-order valence-corrected chi connectivity index (χ0v) is 16.3. The van der Waals surface area contributed by atoms with Gasteiger partial charge >= 0.3 is 12.1 Å². The van der Waals surface area contributed by atoms with Gasteiger partial charge in [0, 0.05) is 10.6 Å². The van der Waals surface area contributed by atoms with Gasteiger partial charge in [0.2, 0.25) is 0 Å². The summed E-state index contributed by atoms with van der Waals surface area (Å²) in [4.78, 5) is 24.8. The van der Waals surface area contributed by atoms with Crippen LogP contribution in [0.2, 0.25) is 5.02 Å². The number of carbonyl (C=O) groups excluding carboxylic acids is 2. The molecule has 1 amide bonds. The molecule has 4 nitrogen and oxygen atoms in total. The first-order valence-electron chi connectivity index (χ1n) is 8.66. The molecule has 0 heterocycles. The van der Waals surface area contributed by atoms with Gasteiger partial charge in [-0.1, -0.05) is 48.0 Å². The molecule has 3 rings (SSSR count). The summed E-state index contributed by atoms with van der Waals surface area (Å²) in [6.07, 6.45) is -4.66. The fourth-order valence-corrected chi connectivity index (χ4v) is 3.06. The van der Waals surface area contributed by atoms with E-state index in [1.54, 1.807) is 12.1 Å². The molecule has 0 saturated carbocycles. The topological polar surface area (TPSA) is 55.4 Å². The summed E-state index contributed by atoms with van der Waals surface area (Å²) in [5.41, 5.74) is 0.333. The molecule has 0 bridgehead atoms. The number of amides is 1. The van der Waals surface area contributed by atoms with Crippen molar-refractivity contribution in [2.45, 2.75) is 6.18 Å². The Morgan fingerprint density at radius 3 is 2.27 bits per heavy atom. The first-order valence-corrected chi connectivity index (χ1v) is 9.04. The molecule has 0 fully saturated rings. The number of halogens is 4. The van der Waals surface area contributed by atoms with Gasteiger partial charge in [-0.3, -0.25) is 4.79 Å². The molecular weight excluding hydrogens is 419 g/mol. The number of carbonyl (C=O) groups is 2. The first kappa shape index (κ1) is 21.4. The highest BCUT2D eigenvalue weighted by Gasteiger charge is 2.31. The van der Waals surface area contributed by atoms with E-state index >= 15 is 0 Å². The zero-order valence-electron chi connectivity index (χ0n) is 15.6. The number of esters is 1. The van der Waals surface area contributed by atoms with Crippen LogP contribution >= 0.6 is 11.6 Å². The van der Waals surface area contributed by atoms with Crippen LogP contribution in [0.4, 0.5) is 18.9 Å². The van der Waals surface area contributed by atoms with E-state index in [0.29, 0.717) is 11.6 Å². The van der Waals surface area contributed by atoms with Crippen LogP contribution in [-0.2, 0) is 10.9 Å². The molecule has 154 valence electrons. The van der Waals surface area contributed by atoms with Crippen LogP contribution in [0.5, 0.6) is 0 Å². The van der Waals surface area contributed by atoms with Gasteiger partial charge in [0.25, 0.3) is 5.91 Å². The summed E-state index contributed by atoms with van der Waals surface area (Å²) in [6, 6.07) is 16.4. The number of hydrogen-bond donors (Lipinski definition) is 1. The number of nitrogens with one attached hydrogen (secondary N) is 1. The summed E-state index contributed by atoms with van der Waals surface area (Å²) < 4.78 is 43.9. The average molecular weight is 434 g/mol. The maximum absolute atomic E-state index is 13.0. The fraction of sp³-hybridized carbons (Fsp3) is 0.0909. The number of ether oxygens (including phenoxy) is 1. The second kappa shape index (κ2) is 8.59. The summed E-state index contributed by atoms with van der Waals surface area (Å²) in [5, 5.41) is 2.26. The van der Waals surface area contributed by atoms with Crippen molar-refractivity contribution in [1.29, 1.82) is 0 Å². The molecular formula is C22H15ClF3NO3. The van der Waals surface area contributed by atoms with Gasteiger partial charge in [0.15, 0.2) is 0 Å². The third-order valence-electron chi connectivity index (χ3n) is 4.27. The monoisotopic (exact) mass is 433 g/mol. The number of methoxy groups -OCH3 is 1. The Kier molecular flexibility index (Phi) is 6.12. The lowest BCUT2D eigenvalue weighted by Gasteiger charge is -2.14. The molecule has 0 radical (unpaired) electrons. The van der Waals surface area contributed by atoms with Crippen LogP contribution in [0, 0.1) is 0 Å². The van der Waals surface area contributed by atoms with Gasteiger partial charge in [0.05, 0.1) is 23.9 Å². The Bertz CT molecular complexity index is 1100. The third-order valence-corrected chi connectivity index (χ3v) is 4.49. The maximum atomic E-state index is 13.0.